The molecular formula is C36H38N12. The molecule has 2 aliphatic heterocycles. The van der Waals surface area contributed by atoms with E-state index in [2.05, 4.69) is 34.2 Å². The Hall–Kier alpha value is -5.72. The average Bonchev–Trinajstić information content (AvgIpc) is 3.67. The Labute approximate surface area is 280 Å². The molecular weight excluding hydrogens is 600 g/mol. The summed E-state index contributed by atoms with van der Waals surface area (Å²) >= 11 is 0. The average molecular weight is 639 g/mol. The largest absolute Gasteiger partial charge is 0.323 e. The fraction of sp³-hybridized carbons (Fsp3) is 0.444. The molecule has 0 aromatic carbocycles. The first kappa shape index (κ1) is 33.6. The lowest BCUT2D eigenvalue weighted by Gasteiger charge is -2.20. The normalized spacial score (nSPS) is 14.0. The van der Waals surface area contributed by atoms with Gasteiger partial charge in [-0.1, -0.05) is 83.1 Å². The predicted octanol–water partition coefficient (Wildman–Crippen LogP) is 7.19. The van der Waals surface area contributed by atoms with E-state index < -0.39 is 21.7 Å². The lowest BCUT2D eigenvalue weighted by Crippen LogP contribution is -2.13. The quantitative estimate of drug-likeness (QED) is 0.253. The minimum Gasteiger partial charge on any atom is -0.323 e. The monoisotopic (exact) mass is 638 g/mol. The molecule has 12 nitrogen and oxygen atoms in total. The lowest BCUT2D eigenvalue weighted by atomic mass is 9.83. The van der Waals surface area contributed by atoms with Gasteiger partial charge in [0, 0.05) is 22.3 Å². The molecule has 0 unspecified atom stereocenters. The highest BCUT2D eigenvalue weighted by Gasteiger charge is 2.36. The van der Waals surface area contributed by atoms with Gasteiger partial charge in [0.2, 0.25) is 0 Å². The number of nitrogens with one attached hydrogen (secondary N) is 2. The van der Waals surface area contributed by atoms with Crippen LogP contribution in [0.1, 0.15) is 129 Å². The first-order valence-corrected chi connectivity index (χ1v) is 15.6. The molecule has 3 aromatic heterocycles. The van der Waals surface area contributed by atoms with Crippen LogP contribution >= 0.6 is 0 Å². The number of allylic oxidation sites excluding steroid dienone is 4. The molecule has 3 aromatic rings. The van der Waals surface area contributed by atoms with Gasteiger partial charge in [0.05, 0.1) is 0 Å². The van der Waals surface area contributed by atoms with Gasteiger partial charge in [0.1, 0.15) is 57.8 Å². The third kappa shape index (κ3) is 5.50. The van der Waals surface area contributed by atoms with Crippen molar-refractivity contribution in [2.24, 2.45) is 10.8 Å². The van der Waals surface area contributed by atoms with E-state index in [1.807, 2.05) is 83.1 Å². The maximum atomic E-state index is 10.5. The van der Waals surface area contributed by atoms with Gasteiger partial charge in [-0.3, -0.25) is 0 Å². The van der Waals surface area contributed by atoms with Crippen LogP contribution in [0.3, 0.4) is 0 Å². The molecule has 0 aliphatic carbocycles. The van der Waals surface area contributed by atoms with E-state index in [1.54, 1.807) is 0 Å². The molecule has 0 spiro atoms. The van der Waals surface area contributed by atoms with Gasteiger partial charge in [-0.05, 0) is 21.7 Å². The van der Waals surface area contributed by atoms with Crippen molar-refractivity contribution in [1.82, 2.24) is 39.9 Å². The van der Waals surface area contributed by atoms with E-state index in [4.69, 9.17) is 29.9 Å². The van der Waals surface area contributed by atoms with Crippen LogP contribution in [-0.4, -0.2) is 39.9 Å². The fourth-order valence-electron chi connectivity index (χ4n) is 6.21. The second-order valence-corrected chi connectivity index (χ2v) is 16.1. The van der Waals surface area contributed by atoms with E-state index in [0.717, 1.165) is 0 Å². The Bertz CT molecular complexity index is 2310. The molecule has 2 N–H and O–H groups in total. The molecule has 12 heteroatoms. The molecule has 8 bridgehead atoms. The van der Waals surface area contributed by atoms with Crippen LogP contribution in [0.2, 0.25) is 0 Å². The molecule has 0 radical (unpaired) electrons. The smallest absolute Gasteiger partial charge is 0.175 e. The second-order valence-electron chi connectivity index (χ2n) is 16.1. The van der Waals surface area contributed by atoms with Crippen molar-refractivity contribution in [3.8, 4) is 24.3 Å². The molecule has 0 amide bonds. The van der Waals surface area contributed by atoms with Gasteiger partial charge in [-0.25, -0.2) is 29.9 Å². The molecule has 5 heterocycles. The fourth-order valence-corrected chi connectivity index (χ4v) is 6.21. The standard InChI is InChI=1S/C36H38N12/c1-33(2,3)21-17(13-37)25-41-26-18(14-38)23(35(7,8)9)31(43-26)48-32-24(36(10,11)12)20(16-40)28(47-32)46-30-22(34(4,5)6)19(15-39)27(45-30)44-29(21)42-25/h1-12H3,(H2,41,42,43,44,45,46,47,48). The zero-order valence-corrected chi connectivity index (χ0v) is 29.5. The first-order chi connectivity index (χ1) is 22.1. The Balaban J connectivity index is 2.18. The van der Waals surface area contributed by atoms with Crippen LogP contribution in [0.5, 0.6) is 0 Å². The highest BCUT2D eigenvalue weighted by Crippen LogP contribution is 2.44. The highest BCUT2D eigenvalue weighted by molar-refractivity contribution is 6.01. The molecule has 2 aliphatic rings. The summed E-state index contributed by atoms with van der Waals surface area (Å²) < 4.78 is 0. The first-order valence-electron chi connectivity index (χ1n) is 15.6. The van der Waals surface area contributed by atoms with Gasteiger partial charge < -0.3 is 9.97 Å². The Morgan fingerprint density at radius 2 is 0.729 bits per heavy atom. The summed E-state index contributed by atoms with van der Waals surface area (Å²) in [5.41, 5.74) is 2.01. The number of nitriles is 4. The summed E-state index contributed by atoms with van der Waals surface area (Å²) in [5, 5.41) is 41.9. The number of fused-ring (bicyclic) bond motifs is 8. The second kappa shape index (κ2) is 10.9. The molecule has 5 rings (SSSR count). The number of nitrogens with zero attached hydrogens (tertiary/aromatic N) is 10. The number of aromatic amines is 2. The molecule has 0 saturated heterocycles. The Kier molecular flexibility index (Phi) is 7.66. The Morgan fingerprint density at radius 1 is 0.396 bits per heavy atom. The van der Waals surface area contributed by atoms with Gasteiger partial charge >= 0.3 is 0 Å². The number of hydrogen-bond donors (Lipinski definition) is 2. The van der Waals surface area contributed by atoms with Gasteiger partial charge in [-0.15, -0.1) is 0 Å². The maximum absolute atomic E-state index is 10.5. The molecule has 0 atom stereocenters. The van der Waals surface area contributed by atoms with Crippen molar-refractivity contribution < 1.29 is 0 Å². The SMILES string of the molecule is CC(C)(C)C1=C(C#N)c2nc1nc1nc(nc3[nH]c(nc4[nH]c(n2)c(C(C)(C)C)c4C#N)c(C#N)c3C(C)(C)C)C(C(C)(C)C)=C1C#N. The molecule has 48 heavy (non-hydrogen) atoms. The van der Waals surface area contributed by atoms with E-state index in [0.29, 0.717) is 33.6 Å². The van der Waals surface area contributed by atoms with Crippen molar-refractivity contribution >= 4 is 44.9 Å². The van der Waals surface area contributed by atoms with Crippen LogP contribution in [0.15, 0.2) is 0 Å². The minimum absolute atomic E-state index is 0.108. The van der Waals surface area contributed by atoms with Crippen LogP contribution in [-0.2, 0) is 10.8 Å². The maximum Gasteiger partial charge on any atom is 0.175 e. The Morgan fingerprint density at radius 3 is 1.04 bits per heavy atom. The summed E-state index contributed by atoms with van der Waals surface area (Å²) in [7, 11) is 0. The van der Waals surface area contributed by atoms with Crippen LogP contribution in [0, 0.1) is 56.2 Å². The van der Waals surface area contributed by atoms with E-state index >= 15 is 0 Å². The topological polar surface area (TPSA) is 204 Å². The predicted molar refractivity (Wildman–Crippen MR) is 183 cm³/mol. The van der Waals surface area contributed by atoms with Gasteiger partial charge in [0.25, 0.3) is 0 Å². The third-order valence-corrected chi connectivity index (χ3v) is 8.06. The van der Waals surface area contributed by atoms with Crippen molar-refractivity contribution in [2.45, 2.75) is 93.9 Å². The number of H-pyrrole nitrogens is 2. The van der Waals surface area contributed by atoms with Crippen molar-refractivity contribution in [3.05, 3.63) is 45.6 Å². The van der Waals surface area contributed by atoms with Crippen molar-refractivity contribution in [1.29, 1.82) is 21.0 Å². The van der Waals surface area contributed by atoms with E-state index in [-0.39, 0.29) is 56.9 Å². The van der Waals surface area contributed by atoms with Gasteiger partial charge in [0.15, 0.2) is 34.6 Å². The van der Waals surface area contributed by atoms with Crippen LogP contribution < -0.4 is 0 Å². The summed E-state index contributed by atoms with van der Waals surface area (Å²) in [6.07, 6.45) is 0. The third-order valence-electron chi connectivity index (χ3n) is 8.06. The molecule has 0 fully saturated rings. The van der Waals surface area contributed by atoms with Crippen LogP contribution in [0.4, 0.5) is 0 Å². The number of aromatic nitrogens is 8. The summed E-state index contributed by atoms with van der Waals surface area (Å²) in [6.45, 7) is 23.5. The zero-order valence-electron chi connectivity index (χ0n) is 29.5. The van der Waals surface area contributed by atoms with Crippen LogP contribution in [0.25, 0.3) is 44.9 Å². The van der Waals surface area contributed by atoms with Crippen molar-refractivity contribution in [2.75, 3.05) is 0 Å². The lowest BCUT2D eigenvalue weighted by molar-refractivity contribution is 0.565. The summed E-state index contributed by atoms with van der Waals surface area (Å²) in [6, 6.07) is 9.16. The molecule has 0 saturated carbocycles. The number of hydrogen-bond acceptors (Lipinski definition) is 10. The van der Waals surface area contributed by atoms with Gasteiger partial charge in [-0.2, -0.15) is 21.0 Å². The van der Waals surface area contributed by atoms with E-state index in [1.165, 1.54) is 0 Å². The highest BCUT2D eigenvalue weighted by atomic mass is 15.1. The van der Waals surface area contributed by atoms with E-state index in [9.17, 15) is 21.0 Å². The summed E-state index contributed by atoms with van der Waals surface area (Å²) in [5.74, 6) is 0.698. The summed E-state index contributed by atoms with van der Waals surface area (Å²) in [4.78, 5) is 35.5. The number of rotatable bonds is 0. The molecule has 242 valence electrons. The van der Waals surface area contributed by atoms with Crippen molar-refractivity contribution in [3.63, 3.8) is 0 Å². The minimum atomic E-state index is -0.594. The zero-order chi connectivity index (χ0) is 35.7.